The van der Waals surface area contributed by atoms with Crippen LogP contribution >= 0.6 is 23.2 Å². The Bertz CT molecular complexity index is 1320. The number of piperazine rings is 2. The van der Waals surface area contributed by atoms with Gasteiger partial charge in [0.1, 0.15) is 11.2 Å². The molecule has 3 amide bonds. The normalized spacial score (nSPS) is 15.5. The standard InChI is InChI=1S/C16H22ClN3O3.C16H21ClN2O4/c1-16(2,3)23-15(22)20-9-7-19(8-10-20)12-6-4-5-11(13(12)17)14(18)21;1-16(2,3)23-15(22)19-9-7-18(8-10-19)12-6-4-5-11(13(12)17)14(20)21/h4-6H,7-10H2,1-3H3,(H2,18,21);4-6H,7-10H2,1-3H3,(H,20,21). The smallest absolute Gasteiger partial charge is 0.410 e. The minimum absolute atomic E-state index is 0.0822. The van der Waals surface area contributed by atoms with E-state index >= 15 is 0 Å². The van der Waals surface area contributed by atoms with Crippen LogP contribution in [0.1, 0.15) is 62.3 Å². The quantitative estimate of drug-likeness (QED) is 0.422. The largest absolute Gasteiger partial charge is 0.478 e. The molecular formula is C32H43Cl2N5O7. The van der Waals surface area contributed by atoms with Crippen LogP contribution in [0.2, 0.25) is 10.0 Å². The molecule has 0 radical (unpaired) electrons. The van der Waals surface area contributed by atoms with Crippen LogP contribution in [-0.4, -0.2) is 103 Å². The summed E-state index contributed by atoms with van der Waals surface area (Å²) in [6.45, 7) is 15.5. The predicted molar refractivity (Wildman–Crippen MR) is 178 cm³/mol. The van der Waals surface area contributed by atoms with E-state index in [1.165, 1.54) is 6.07 Å². The zero-order valence-electron chi connectivity index (χ0n) is 27.1. The fraction of sp³-hybridized carbons (Fsp3) is 0.500. The first kappa shape index (κ1) is 36.6. The van der Waals surface area contributed by atoms with E-state index in [0.717, 1.165) is 5.69 Å². The van der Waals surface area contributed by atoms with Crippen LogP contribution in [0.5, 0.6) is 0 Å². The van der Waals surface area contributed by atoms with Gasteiger partial charge in [-0.2, -0.15) is 0 Å². The summed E-state index contributed by atoms with van der Waals surface area (Å²) in [6, 6.07) is 10.1. The zero-order valence-corrected chi connectivity index (χ0v) is 28.7. The second-order valence-corrected chi connectivity index (χ2v) is 13.6. The van der Waals surface area contributed by atoms with Gasteiger partial charge in [-0.05, 0) is 65.8 Å². The van der Waals surface area contributed by atoms with Crippen molar-refractivity contribution >= 4 is 58.6 Å². The molecule has 0 spiro atoms. The Balaban J connectivity index is 0.000000250. The van der Waals surface area contributed by atoms with Crippen LogP contribution in [0, 0.1) is 0 Å². The molecule has 4 rings (SSSR count). The number of nitrogens with two attached hydrogens (primary N) is 1. The highest BCUT2D eigenvalue weighted by molar-refractivity contribution is 6.36. The van der Waals surface area contributed by atoms with Crippen molar-refractivity contribution in [1.82, 2.24) is 9.80 Å². The van der Waals surface area contributed by atoms with Gasteiger partial charge in [0.25, 0.3) is 0 Å². The van der Waals surface area contributed by atoms with Crippen molar-refractivity contribution in [2.45, 2.75) is 52.7 Å². The van der Waals surface area contributed by atoms with Crippen molar-refractivity contribution in [3.63, 3.8) is 0 Å². The number of hydrogen-bond donors (Lipinski definition) is 2. The molecule has 2 aliphatic heterocycles. The van der Waals surface area contributed by atoms with Crippen LogP contribution in [0.4, 0.5) is 21.0 Å². The molecule has 2 aliphatic rings. The maximum Gasteiger partial charge on any atom is 0.410 e. The lowest BCUT2D eigenvalue weighted by Gasteiger charge is -2.37. The second-order valence-electron chi connectivity index (χ2n) is 12.9. The van der Waals surface area contributed by atoms with E-state index in [-0.39, 0.29) is 22.8 Å². The van der Waals surface area contributed by atoms with Gasteiger partial charge in [0.05, 0.1) is 32.5 Å². The van der Waals surface area contributed by atoms with Crippen LogP contribution in [0.3, 0.4) is 0 Å². The molecule has 0 saturated carbocycles. The minimum Gasteiger partial charge on any atom is -0.478 e. The van der Waals surface area contributed by atoms with E-state index < -0.39 is 23.1 Å². The molecule has 0 aromatic heterocycles. The highest BCUT2D eigenvalue weighted by Gasteiger charge is 2.29. The highest BCUT2D eigenvalue weighted by atomic mass is 35.5. The number of anilines is 2. The molecule has 252 valence electrons. The number of benzene rings is 2. The number of hydrogen-bond acceptors (Lipinski definition) is 8. The Hall–Kier alpha value is -3.90. The highest BCUT2D eigenvalue weighted by Crippen LogP contribution is 2.31. The molecule has 2 heterocycles. The number of carboxylic acids is 1. The van der Waals surface area contributed by atoms with Crippen molar-refractivity contribution in [3.05, 3.63) is 57.6 Å². The first-order valence-electron chi connectivity index (χ1n) is 14.9. The molecule has 14 heteroatoms. The number of carbonyl (C=O) groups is 4. The van der Waals surface area contributed by atoms with Gasteiger partial charge in [-0.15, -0.1) is 0 Å². The van der Waals surface area contributed by atoms with Crippen LogP contribution in [-0.2, 0) is 9.47 Å². The molecular weight excluding hydrogens is 637 g/mol. The van der Waals surface area contributed by atoms with Crippen molar-refractivity contribution in [1.29, 1.82) is 0 Å². The molecule has 46 heavy (non-hydrogen) atoms. The topological polar surface area (TPSA) is 146 Å². The van der Waals surface area contributed by atoms with Gasteiger partial charge in [-0.25, -0.2) is 14.4 Å². The van der Waals surface area contributed by atoms with Gasteiger partial charge in [0, 0.05) is 52.4 Å². The number of halogens is 2. The molecule has 2 aromatic carbocycles. The molecule has 0 atom stereocenters. The van der Waals surface area contributed by atoms with Gasteiger partial charge >= 0.3 is 18.2 Å². The lowest BCUT2D eigenvalue weighted by atomic mass is 10.1. The first-order valence-corrected chi connectivity index (χ1v) is 15.7. The zero-order chi connectivity index (χ0) is 34.4. The van der Waals surface area contributed by atoms with E-state index in [1.807, 2.05) is 57.4 Å². The fourth-order valence-electron chi connectivity index (χ4n) is 4.80. The molecule has 0 unspecified atom stereocenters. The lowest BCUT2D eigenvalue weighted by Crippen LogP contribution is -2.50. The number of nitrogens with zero attached hydrogens (tertiary/aromatic N) is 4. The maximum absolute atomic E-state index is 12.1. The van der Waals surface area contributed by atoms with Gasteiger partial charge < -0.3 is 39.9 Å². The van der Waals surface area contributed by atoms with Crippen molar-refractivity contribution in [2.75, 3.05) is 62.2 Å². The molecule has 2 aromatic rings. The summed E-state index contributed by atoms with van der Waals surface area (Å²) in [5.41, 5.74) is 6.11. The van der Waals surface area contributed by atoms with E-state index in [9.17, 15) is 19.2 Å². The number of aromatic carboxylic acids is 1. The number of ether oxygens (including phenoxy) is 2. The summed E-state index contributed by atoms with van der Waals surface area (Å²) in [7, 11) is 0. The fourth-order valence-corrected chi connectivity index (χ4v) is 5.46. The summed E-state index contributed by atoms with van der Waals surface area (Å²) in [4.78, 5) is 54.0. The second kappa shape index (κ2) is 15.1. The Morgan fingerprint density at radius 2 is 1.00 bits per heavy atom. The Labute approximate surface area is 279 Å². The van der Waals surface area contributed by atoms with Gasteiger partial charge in [0.2, 0.25) is 5.91 Å². The van der Waals surface area contributed by atoms with E-state index in [4.69, 9.17) is 43.5 Å². The Morgan fingerprint density at radius 1 is 0.652 bits per heavy atom. The third-order valence-electron chi connectivity index (χ3n) is 7.00. The minimum atomic E-state index is -1.05. The van der Waals surface area contributed by atoms with E-state index in [1.54, 1.807) is 34.1 Å². The molecule has 2 saturated heterocycles. The van der Waals surface area contributed by atoms with Crippen LogP contribution < -0.4 is 15.5 Å². The number of carbonyl (C=O) groups excluding carboxylic acids is 3. The lowest BCUT2D eigenvalue weighted by molar-refractivity contribution is 0.0230. The monoisotopic (exact) mass is 679 g/mol. The van der Waals surface area contributed by atoms with Gasteiger partial charge in [-0.3, -0.25) is 4.79 Å². The number of amides is 3. The van der Waals surface area contributed by atoms with Crippen LogP contribution in [0.15, 0.2) is 36.4 Å². The number of carboxylic acid groups (broad SMARTS) is 1. The summed E-state index contributed by atoms with van der Waals surface area (Å²) < 4.78 is 10.7. The maximum atomic E-state index is 12.1. The van der Waals surface area contributed by atoms with E-state index in [2.05, 4.69) is 0 Å². The van der Waals surface area contributed by atoms with Crippen LogP contribution in [0.25, 0.3) is 0 Å². The van der Waals surface area contributed by atoms with Crippen molar-refractivity contribution in [2.24, 2.45) is 5.73 Å². The van der Waals surface area contributed by atoms with Gasteiger partial charge in [-0.1, -0.05) is 35.3 Å². The summed E-state index contributed by atoms with van der Waals surface area (Å²) in [5.74, 6) is -1.60. The Kier molecular flexibility index (Phi) is 12.0. The SMILES string of the molecule is CC(C)(C)OC(=O)N1CCN(c2cccc(C(=O)O)c2Cl)CC1.CC(C)(C)OC(=O)N1CCN(c2cccc(C(N)=O)c2Cl)CC1. The van der Waals surface area contributed by atoms with E-state index in [0.29, 0.717) is 68.6 Å². The molecule has 0 bridgehead atoms. The average Bonchev–Trinajstić information content (AvgIpc) is 2.96. The van der Waals surface area contributed by atoms with Crippen molar-refractivity contribution in [3.8, 4) is 0 Å². The molecule has 12 nitrogen and oxygen atoms in total. The van der Waals surface area contributed by atoms with Gasteiger partial charge in [0.15, 0.2) is 0 Å². The molecule has 3 N–H and O–H groups in total. The average molecular weight is 681 g/mol. The summed E-state index contributed by atoms with van der Waals surface area (Å²) in [5, 5.41) is 9.72. The Morgan fingerprint density at radius 3 is 1.33 bits per heavy atom. The summed E-state index contributed by atoms with van der Waals surface area (Å²) in [6.07, 6.45) is -0.642. The predicted octanol–water partition coefficient (Wildman–Crippen LogP) is 5.59. The molecule has 2 fully saturated rings. The third kappa shape index (κ3) is 10.1. The summed E-state index contributed by atoms with van der Waals surface area (Å²) >= 11 is 12.5. The molecule has 0 aliphatic carbocycles. The van der Waals surface area contributed by atoms with Crippen molar-refractivity contribution < 1.29 is 33.8 Å². The third-order valence-corrected chi connectivity index (χ3v) is 7.79. The number of rotatable bonds is 4. The number of primary amides is 1. The first-order chi connectivity index (χ1) is 21.4.